The maximum absolute atomic E-state index is 10.8. The number of hydrogen-bond acceptors (Lipinski definition) is 9. The highest BCUT2D eigenvalue weighted by atomic mass is 16.5. The Hall–Kier alpha value is -3.34. The third kappa shape index (κ3) is 4.84. The van der Waals surface area contributed by atoms with E-state index in [1.807, 2.05) is 24.3 Å². The Morgan fingerprint density at radius 3 is 2.81 bits per heavy atom. The van der Waals surface area contributed by atoms with Gasteiger partial charge < -0.3 is 19.7 Å². The van der Waals surface area contributed by atoms with Crippen LogP contribution in [0.3, 0.4) is 0 Å². The first-order valence-corrected chi connectivity index (χ1v) is 12.3. The second-order valence-corrected chi connectivity index (χ2v) is 9.21. The number of aromatic nitrogens is 4. The monoisotopic (exact) mass is 492 g/mol. The fraction of sp³-hybridized carbons (Fsp3) is 0.462. The Bertz CT molecular complexity index is 1270. The molecule has 3 unspecified atom stereocenters. The summed E-state index contributed by atoms with van der Waals surface area (Å²) in [5.41, 5.74) is 3.31. The van der Waals surface area contributed by atoms with E-state index in [0.29, 0.717) is 37.1 Å². The van der Waals surface area contributed by atoms with Gasteiger partial charge in [-0.15, -0.1) is 5.10 Å². The van der Waals surface area contributed by atoms with Crippen LogP contribution in [0.25, 0.3) is 16.8 Å². The van der Waals surface area contributed by atoms with E-state index >= 15 is 0 Å². The van der Waals surface area contributed by atoms with E-state index in [-0.39, 0.29) is 18.4 Å². The van der Waals surface area contributed by atoms with Gasteiger partial charge in [0.05, 0.1) is 55.6 Å². The van der Waals surface area contributed by atoms with Crippen molar-refractivity contribution in [3.63, 3.8) is 0 Å². The predicted molar refractivity (Wildman–Crippen MR) is 135 cm³/mol. The van der Waals surface area contributed by atoms with Crippen molar-refractivity contribution < 1.29 is 19.7 Å². The van der Waals surface area contributed by atoms with E-state index in [4.69, 9.17) is 14.5 Å². The second-order valence-electron chi connectivity index (χ2n) is 9.21. The minimum absolute atomic E-state index is 0.114. The Labute approximate surface area is 209 Å². The molecule has 2 N–H and O–H groups in total. The molecule has 1 aliphatic carbocycles. The highest BCUT2D eigenvalue weighted by Crippen LogP contribution is 2.35. The third-order valence-corrected chi connectivity index (χ3v) is 7.13. The number of piperidine rings is 1. The highest BCUT2D eigenvalue weighted by molar-refractivity contribution is 6.00. The van der Waals surface area contributed by atoms with Crippen LogP contribution in [0.2, 0.25) is 0 Å². The number of aliphatic hydroxyl groups excluding tert-OH is 2. The predicted octanol–water partition coefficient (Wildman–Crippen LogP) is 2.49. The first-order valence-electron chi connectivity index (χ1n) is 12.3. The normalized spacial score (nSPS) is 24.2. The van der Waals surface area contributed by atoms with Gasteiger partial charge in [-0.05, 0) is 68.0 Å². The lowest BCUT2D eigenvalue weighted by Crippen LogP contribution is -2.47. The summed E-state index contributed by atoms with van der Waals surface area (Å²) in [6.07, 6.45) is 7.58. The molecular weight excluding hydrogens is 460 g/mol. The Morgan fingerprint density at radius 1 is 1.14 bits per heavy atom. The largest absolute Gasteiger partial charge is 0.495 e. The molecule has 0 spiro atoms. The number of aliphatic hydroxyl groups is 2. The van der Waals surface area contributed by atoms with E-state index in [2.05, 4.69) is 26.0 Å². The molecule has 2 aliphatic rings. The number of likely N-dealkylation sites (tertiary alicyclic amines) is 1. The van der Waals surface area contributed by atoms with Crippen LogP contribution in [0.5, 0.6) is 5.88 Å². The van der Waals surface area contributed by atoms with Crippen LogP contribution in [-0.2, 0) is 4.74 Å². The molecule has 3 aromatic heterocycles. The van der Waals surface area contributed by atoms with E-state index < -0.39 is 6.10 Å². The lowest BCUT2D eigenvalue weighted by molar-refractivity contribution is -0.00169. The lowest BCUT2D eigenvalue weighted by Gasteiger charge is -2.39. The van der Waals surface area contributed by atoms with Crippen molar-refractivity contribution in [2.24, 2.45) is 16.8 Å². The van der Waals surface area contributed by atoms with Gasteiger partial charge in [0.15, 0.2) is 0 Å². The molecule has 0 aromatic carbocycles. The van der Waals surface area contributed by atoms with Gasteiger partial charge in [-0.3, -0.25) is 4.90 Å². The summed E-state index contributed by atoms with van der Waals surface area (Å²) in [4.78, 5) is 15.6. The van der Waals surface area contributed by atoms with Crippen LogP contribution < -0.4 is 4.74 Å². The van der Waals surface area contributed by atoms with Crippen LogP contribution >= 0.6 is 0 Å². The number of methoxy groups -OCH3 is 2. The summed E-state index contributed by atoms with van der Waals surface area (Å²) in [5.74, 6) is 1.95. The number of pyridine rings is 1. The SMILES string of the molecule is COC1=CC(C2CCN(CCO)CC2O)CCC1=Nc1ncc2ccc(-c3cccnc3OC)n2n1. The van der Waals surface area contributed by atoms with Crippen LogP contribution in [0.4, 0.5) is 5.95 Å². The lowest BCUT2D eigenvalue weighted by atomic mass is 9.77. The number of β-amino-alcohol motifs (C(OH)–C–C–N with tert-alkyl or cyclic N) is 2. The number of hydrogen-bond donors (Lipinski definition) is 2. The van der Waals surface area contributed by atoms with E-state index in [9.17, 15) is 10.2 Å². The Morgan fingerprint density at radius 2 is 2.03 bits per heavy atom. The van der Waals surface area contributed by atoms with Gasteiger partial charge in [0, 0.05) is 19.3 Å². The van der Waals surface area contributed by atoms with Crippen LogP contribution in [0.1, 0.15) is 19.3 Å². The van der Waals surface area contributed by atoms with E-state index in [1.165, 1.54) is 0 Å². The molecule has 3 aromatic rings. The Kier molecular flexibility index (Phi) is 7.26. The number of allylic oxidation sites excluding steroid dienone is 2. The molecule has 1 aliphatic heterocycles. The summed E-state index contributed by atoms with van der Waals surface area (Å²) in [6, 6.07) is 7.71. The molecular formula is C26H32N6O4. The van der Waals surface area contributed by atoms with E-state index in [0.717, 1.165) is 41.9 Å². The van der Waals surface area contributed by atoms with Crippen molar-refractivity contribution in [2.75, 3.05) is 40.5 Å². The summed E-state index contributed by atoms with van der Waals surface area (Å²) >= 11 is 0. The molecule has 10 heteroatoms. The molecule has 0 bridgehead atoms. The van der Waals surface area contributed by atoms with Crippen LogP contribution in [-0.4, -0.2) is 87.0 Å². The second kappa shape index (κ2) is 10.7. The maximum Gasteiger partial charge on any atom is 0.267 e. The highest BCUT2D eigenvalue weighted by Gasteiger charge is 2.35. The first-order chi connectivity index (χ1) is 17.6. The average molecular weight is 493 g/mol. The standard InChI is InChI=1S/C26H32N6O4/c1-35-24-14-17(19-9-11-31(12-13-33)16-23(19)34)5-7-21(24)29-26-28-15-18-6-8-22(32(18)30-26)20-4-3-10-27-25(20)36-2/h3-4,6,8,10,14-15,17,19,23,33-34H,5,7,9,11-13,16H2,1-2H3. The molecule has 0 radical (unpaired) electrons. The molecule has 10 nitrogen and oxygen atoms in total. The van der Waals surface area contributed by atoms with E-state index in [1.54, 1.807) is 31.1 Å². The molecule has 0 amide bonds. The summed E-state index contributed by atoms with van der Waals surface area (Å²) in [7, 11) is 3.24. The van der Waals surface area contributed by atoms with Gasteiger partial charge >= 0.3 is 0 Å². The number of nitrogens with zero attached hydrogens (tertiary/aromatic N) is 6. The molecule has 1 fully saturated rings. The van der Waals surface area contributed by atoms with Crippen molar-refractivity contribution in [3.8, 4) is 17.1 Å². The smallest absolute Gasteiger partial charge is 0.267 e. The van der Waals surface area contributed by atoms with Gasteiger partial charge in [0.2, 0.25) is 5.88 Å². The van der Waals surface area contributed by atoms with Gasteiger partial charge in [0.25, 0.3) is 5.95 Å². The Balaban J connectivity index is 1.40. The van der Waals surface area contributed by atoms with Crippen molar-refractivity contribution >= 4 is 17.2 Å². The fourth-order valence-electron chi connectivity index (χ4n) is 5.31. The van der Waals surface area contributed by atoms with Crippen LogP contribution in [0, 0.1) is 11.8 Å². The molecule has 190 valence electrons. The third-order valence-electron chi connectivity index (χ3n) is 7.13. The molecule has 3 atom stereocenters. The average Bonchev–Trinajstić information content (AvgIpc) is 3.32. The quantitative estimate of drug-likeness (QED) is 0.517. The van der Waals surface area contributed by atoms with Gasteiger partial charge in [-0.25, -0.2) is 19.5 Å². The summed E-state index contributed by atoms with van der Waals surface area (Å²) in [6.45, 7) is 2.19. The zero-order valence-corrected chi connectivity index (χ0v) is 20.6. The van der Waals surface area contributed by atoms with Crippen LogP contribution in [0.15, 0.2) is 53.5 Å². The zero-order valence-electron chi connectivity index (χ0n) is 20.6. The minimum atomic E-state index is -0.425. The maximum atomic E-state index is 10.8. The van der Waals surface area contributed by atoms with Crippen molar-refractivity contribution in [1.82, 2.24) is 24.5 Å². The van der Waals surface area contributed by atoms with Gasteiger partial charge in [-0.1, -0.05) is 0 Å². The number of ether oxygens (including phenoxy) is 2. The summed E-state index contributed by atoms with van der Waals surface area (Å²) in [5, 5.41) is 24.6. The van der Waals surface area contributed by atoms with Crippen molar-refractivity contribution in [3.05, 3.63) is 48.5 Å². The molecule has 4 heterocycles. The molecule has 0 saturated carbocycles. The molecule has 5 rings (SSSR count). The molecule has 36 heavy (non-hydrogen) atoms. The number of rotatable bonds is 7. The molecule has 1 saturated heterocycles. The van der Waals surface area contributed by atoms with Gasteiger partial charge in [-0.2, -0.15) is 0 Å². The van der Waals surface area contributed by atoms with Gasteiger partial charge in [0.1, 0.15) is 5.76 Å². The zero-order chi connectivity index (χ0) is 25.1. The van der Waals surface area contributed by atoms with Crippen molar-refractivity contribution in [1.29, 1.82) is 0 Å². The summed E-state index contributed by atoms with van der Waals surface area (Å²) < 4.78 is 12.9. The van der Waals surface area contributed by atoms with Crippen molar-refractivity contribution in [2.45, 2.75) is 25.4 Å². The minimum Gasteiger partial charge on any atom is -0.495 e. The number of aliphatic imine (C=N–C) groups is 1. The topological polar surface area (TPSA) is 118 Å². The fourth-order valence-corrected chi connectivity index (χ4v) is 5.31. The number of fused-ring (bicyclic) bond motifs is 1. The first kappa shape index (κ1) is 24.4.